The molecule has 140 valence electrons. The Balaban J connectivity index is 1.50. The second kappa shape index (κ2) is 8.54. The minimum absolute atomic E-state index is 0.228. The largest absolute Gasteiger partial charge is 0.495 e. The number of piperazine rings is 1. The Hall–Kier alpha value is -2.08. The van der Waals surface area contributed by atoms with Crippen LogP contribution in [-0.4, -0.2) is 49.1 Å². The van der Waals surface area contributed by atoms with Crippen LogP contribution in [0.3, 0.4) is 0 Å². The Morgan fingerprint density at radius 2 is 1.96 bits per heavy atom. The number of thiazole rings is 1. The SMILES string of the molecule is COc1ccccc1N1CCN(C(=O)CCc2nc(C(C)C)cs2)CC1. The highest BCUT2D eigenvalue weighted by molar-refractivity contribution is 7.09. The first-order chi connectivity index (χ1) is 12.6. The number of para-hydroxylation sites is 2. The van der Waals surface area contributed by atoms with Crippen LogP contribution in [0.5, 0.6) is 5.75 Å². The predicted octanol–water partition coefficient (Wildman–Crippen LogP) is 3.56. The molecule has 1 aliphatic rings. The Morgan fingerprint density at radius 3 is 2.62 bits per heavy atom. The van der Waals surface area contributed by atoms with Gasteiger partial charge in [0.25, 0.3) is 0 Å². The van der Waals surface area contributed by atoms with Crippen molar-refractivity contribution in [1.82, 2.24) is 9.88 Å². The molecule has 0 N–H and O–H groups in total. The number of nitrogens with zero attached hydrogens (tertiary/aromatic N) is 3. The second-order valence-electron chi connectivity index (χ2n) is 6.86. The van der Waals surface area contributed by atoms with E-state index in [1.165, 1.54) is 0 Å². The van der Waals surface area contributed by atoms with Gasteiger partial charge in [0.15, 0.2) is 0 Å². The molecule has 0 radical (unpaired) electrons. The Kier molecular flexibility index (Phi) is 6.14. The molecule has 1 amide bonds. The third kappa shape index (κ3) is 4.36. The van der Waals surface area contributed by atoms with E-state index in [4.69, 9.17) is 4.74 Å². The van der Waals surface area contributed by atoms with Crippen LogP contribution in [0.15, 0.2) is 29.6 Å². The summed E-state index contributed by atoms with van der Waals surface area (Å²) in [5.41, 5.74) is 2.23. The summed E-state index contributed by atoms with van der Waals surface area (Å²) in [6, 6.07) is 8.05. The first-order valence-electron chi connectivity index (χ1n) is 9.18. The zero-order valence-corrected chi connectivity index (χ0v) is 16.6. The molecule has 1 aromatic heterocycles. The van der Waals surface area contributed by atoms with Crippen LogP contribution in [0.1, 0.15) is 36.9 Å². The van der Waals surface area contributed by atoms with Gasteiger partial charge >= 0.3 is 0 Å². The molecule has 0 bridgehead atoms. The van der Waals surface area contributed by atoms with E-state index in [-0.39, 0.29) is 5.91 Å². The predicted molar refractivity (Wildman–Crippen MR) is 106 cm³/mol. The van der Waals surface area contributed by atoms with E-state index in [0.717, 1.165) is 54.7 Å². The fraction of sp³-hybridized carbons (Fsp3) is 0.500. The number of anilines is 1. The van der Waals surface area contributed by atoms with Crippen LogP contribution in [0.25, 0.3) is 0 Å². The number of carbonyl (C=O) groups excluding carboxylic acids is 1. The first kappa shape index (κ1) is 18.7. The number of methoxy groups -OCH3 is 1. The van der Waals surface area contributed by atoms with Gasteiger partial charge in [-0.05, 0) is 18.1 Å². The number of carbonyl (C=O) groups is 1. The number of aryl methyl sites for hydroxylation is 1. The molecule has 3 rings (SSSR count). The summed E-state index contributed by atoms with van der Waals surface area (Å²) in [4.78, 5) is 21.4. The number of hydrogen-bond donors (Lipinski definition) is 0. The van der Waals surface area contributed by atoms with Crippen molar-refractivity contribution in [2.75, 3.05) is 38.2 Å². The molecule has 26 heavy (non-hydrogen) atoms. The van der Waals surface area contributed by atoms with Gasteiger partial charge in [-0.2, -0.15) is 0 Å². The van der Waals surface area contributed by atoms with Crippen molar-refractivity contribution in [1.29, 1.82) is 0 Å². The molecule has 2 aromatic rings. The molecule has 6 heteroatoms. The molecular weight excluding hydrogens is 346 g/mol. The van der Waals surface area contributed by atoms with Crippen LogP contribution in [0, 0.1) is 0 Å². The standard InChI is InChI=1S/C20H27N3O2S/c1-15(2)16-14-26-19(21-16)8-9-20(24)23-12-10-22(11-13-23)17-6-4-5-7-18(17)25-3/h4-7,14-15H,8-13H2,1-3H3. The van der Waals surface area contributed by atoms with Crippen molar-refractivity contribution in [3.8, 4) is 5.75 Å². The van der Waals surface area contributed by atoms with E-state index in [1.807, 2.05) is 23.1 Å². The molecule has 0 unspecified atom stereocenters. The van der Waals surface area contributed by atoms with Gasteiger partial charge in [-0.3, -0.25) is 4.79 Å². The van der Waals surface area contributed by atoms with Crippen molar-refractivity contribution in [2.45, 2.75) is 32.6 Å². The van der Waals surface area contributed by atoms with E-state index in [9.17, 15) is 4.79 Å². The maximum absolute atomic E-state index is 12.5. The monoisotopic (exact) mass is 373 g/mol. The summed E-state index contributed by atoms with van der Waals surface area (Å²) in [7, 11) is 1.70. The number of rotatable bonds is 6. The minimum Gasteiger partial charge on any atom is -0.495 e. The molecule has 0 atom stereocenters. The normalized spacial score (nSPS) is 14.8. The van der Waals surface area contributed by atoms with E-state index < -0.39 is 0 Å². The van der Waals surface area contributed by atoms with Crippen molar-refractivity contribution in [3.63, 3.8) is 0 Å². The highest BCUT2D eigenvalue weighted by Gasteiger charge is 2.22. The summed E-state index contributed by atoms with van der Waals surface area (Å²) >= 11 is 1.66. The smallest absolute Gasteiger partial charge is 0.223 e. The van der Waals surface area contributed by atoms with Gasteiger partial charge in [0.2, 0.25) is 5.91 Å². The molecule has 1 aliphatic heterocycles. The molecule has 2 heterocycles. The zero-order valence-electron chi connectivity index (χ0n) is 15.8. The molecule has 1 fully saturated rings. The van der Waals surface area contributed by atoms with Gasteiger partial charge in [-0.1, -0.05) is 26.0 Å². The summed E-state index contributed by atoms with van der Waals surface area (Å²) in [5.74, 6) is 1.56. The van der Waals surface area contributed by atoms with Crippen LogP contribution in [0.2, 0.25) is 0 Å². The van der Waals surface area contributed by atoms with Crippen LogP contribution in [0.4, 0.5) is 5.69 Å². The molecule has 5 nitrogen and oxygen atoms in total. The molecule has 1 aromatic carbocycles. The molecule has 0 saturated carbocycles. The summed E-state index contributed by atoms with van der Waals surface area (Å²) < 4.78 is 5.45. The van der Waals surface area contributed by atoms with Crippen molar-refractivity contribution in [3.05, 3.63) is 40.3 Å². The maximum Gasteiger partial charge on any atom is 0.223 e. The third-order valence-electron chi connectivity index (χ3n) is 4.77. The first-order valence-corrected chi connectivity index (χ1v) is 10.1. The third-order valence-corrected chi connectivity index (χ3v) is 5.70. The number of hydrogen-bond acceptors (Lipinski definition) is 5. The lowest BCUT2D eigenvalue weighted by molar-refractivity contribution is -0.131. The molecule has 0 spiro atoms. The van der Waals surface area contributed by atoms with Gasteiger partial charge < -0.3 is 14.5 Å². The van der Waals surface area contributed by atoms with Gasteiger partial charge in [0, 0.05) is 44.4 Å². The Labute approximate surface area is 159 Å². The summed E-state index contributed by atoms with van der Waals surface area (Å²) in [6.07, 6.45) is 1.28. The van der Waals surface area contributed by atoms with Crippen molar-refractivity contribution >= 4 is 22.9 Å². The fourth-order valence-corrected chi connectivity index (χ4v) is 4.12. The number of ether oxygens (including phenoxy) is 1. The fourth-order valence-electron chi connectivity index (χ4n) is 3.16. The van der Waals surface area contributed by atoms with Crippen LogP contribution >= 0.6 is 11.3 Å². The average Bonchev–Trinajstić information content (AvgIpc) is 3.15. The van der Waals surface area contributed by atoms with E-state index in [2.05, 4.69) is 35.2 Å². The van der Waals surface area contributed by atoms with Gasteiger partial charge in [-0.15, -0.1) is 11.3 Å². The van der Waals surface area contributed by atoms with Gasteiger partial charge in [0.05, 0.1) is 23.5 Å². The second-order valence-corrected chi connectivity index (χ2v) is 7.80. The Bertz CT molecular complexity index is 736. The zero-order chi connectivity index (χ0) is 18.5. The lowest BCUT2D eigenvalue weighted by Crippen LogP contribution is -2.48. The van der Waals surface area contributed by atoms with Gasteiger partial charge in [-0.25, -0.2) is 4.98 Å². The minimum atomic E-state index is 0.228. The lowest BCUT2D eigenvalue weighted by Gasteiger charge is -2.36. The van der Waals surface area contributed by atoms with Crippen LogP contribution < -0.4 is 9.64 Å². The lowest BCUT2D eigenvalue weighted by atomic mass is 10.2. The number of aromatic nitrogens is 1. The van der Waals surface area contributed by atoms with E-state index in [0.29, 0.717) is 12.3 Å². The molecule has 0 aliphatic carbocycles. The summed E-state index contributed by atoms with van der Waals surface area (Å²) in [6.45, 7) is 7.47. The number of benzene rings is 1. The topological polar surface area (TPSA) is 45.7 Å². The highest BCUT2D eigenvalue weighted by atomic mass is 32.1. The average molecular weight is 374 g/mol. The van der Waals surface area contributed by atoms with Crippen molar-refractivity contribution < 1.29 is 9.53 Å². The summed E-state index contributed by atoms with van der Waals surface area (Å²) in [5, 5.41) is 3.17. The van der Waals surface area contributed by atoms with Crippen molar-refractivity contribution in [2.24, 2.45) is 0 Å². The van der Waals surface area contributed by atoms with E-state index >= 15 is 0 Å². The molecular formula is C20H27N3O2S. The Morgan fingerprint density at radius 1 is 1.23 bits per heavy atom. The molecule has 1 saturated heterocycles. The maximum atomic E-state index is 12.5. The quantitative estimate of drug-likeness (QED) is 0.777. The number of amides is 1. The van der Waals surface area contributed by atoms with E-state index in [1.54, 1.807) is 18.4 Å². The highest BCUT2D eigenvalue weighted by Crippen LogP contribution is 2.28. The van der Waals surface area contributed by atoms with Gasteiger partial charge in [0.1, 0.15) is 5.75 Å². The van der Waals surface area contributed by atoms with Crippen LogP contribution in [-0.2, 0) is 11.2 Å².